The van der Waals surface area contributed by atoms with Crippen LogP contribution in [-0.2, 0) is 0 Å². The first-order valence-electron chi connectivity index (χ1n) is 4.52. The van der Waals surface area contributed by atoms with Crippen LogP contribution in [0.15, 0.2) is 0 Å². The minimum atomic E-state index is 0.904. The van der Waals surface area contributed by atoms with E-state index in [1.165, 1.54) is 40.8 Å². The van der Waals surface area contributed by atoms with Gasteiger partial charge in [-0.25, -0.2) is 0 Å². The summed E-state index contributed by atoms with van der Waals surface area (Å²) in [6, 6.07) is 0. The molecule has 0 unspecified atom stereocenters. The van der Waals surface area contributed by atoms with Gasteiger partial charge in [0.15, 0.2) is 0 Å². The summed E-state index contributed by atoms with van der Waals surface area (Å²) in [7, 11) is 0. The minimum absolute atomic E-state index is 0.904. The maximum atomic E-state index is 2.32. The van der Waals surface area contributed by atoms with Crippen LogP contribution in [0.5, 0.6) is 0 Å². The Bertz CT molecular complexity index is 66.8. The van der Waals surface area contributed by atoms with Crippen LogP contribution in [0.2, 0.25) is 3.17 Å². The van der Waals surface area contributed by atoms with E-state index in [9.17, 15) is 0 Å². The predicted molar refractivity (Wildman–Crippen MR) is 48.4 cm³/mol. The fraction of sp³-hybridized carbons (Fsp3) is 1.00. The molecule has 10 heavy (non-hydrogen) atoms. The van der Waals surface area contributed by atoms with Crippen LogP contribution in [0.1, 0.15) is 40.5 Å². The van der Waals surface area contributed by atoms with E-state index in [0.29, 0.717) is 0 Å². The van der Waals surface area contributed by atoms with Crippen molar-refractivity contribution in [3.05, 3.63) is 0 Å². The molecular formula is C9H19Na. The van der Waals surface area contributed by atoms with Gasteiger partial charge in [0.25, 0.3) is 0 Å². The number of hydrogen-bond donors (Lipinski definition) is 0. The summed E-state index contributed by atoms with van der Waals surface area (Å²) < 4.78 is 1.06. The van der Waals surface area contributed by atoms with Gasteiger partial charge in [-0.3, -0.25) is 0 Å². The van der Waals surface area contributed by atoms with Crippen LogP contribution in [0.3, 0.4) is 0 Å². The van der Waals surface area contributed by atoms with Crippen molar-refractivity contribution in [1.82, 2.24) is 0 Å². The van der Waals surface area contributed by atoms with Gasteiger partial charge >= 0.3 is 83.5 Å². The van der Waals surface area contributed by atoms with Crippen molar-refractivity contribution in [2.45, 2.75) is 43.7 Å². The monoisotopic (exact) mass is 150 g/mol. The van der Waals surface area contributed by atoms with E-state index in [0.717, 1.165) is 15.0 Å². The summed E-state index contributed by atoms with van der Waals surface area (Å²) >= 11 is 1.38. The van der Waals surface area contributed by atoms with E-state index in [1.54, 1.807) is 0 Å². The van der Waals surface area contributed by atoms with E-state index < -0.39 is 0 Å². The van der Waals surface area contributed by atoms with Gasteiger partial charge in [-0.1, -0.05) is 0 Å². The van der Waals surface area contributed by atoms with Gasteiger partial charge in [-0.15, -0.1) is 0 Å². The van der Waals surface area contributed by atoms with Crippen LogP contribution in [0, 0.1) is 11.8 Å². The zero-order valence-electron chi connectivity index (χ0n) is 8.15. The van der Waals surface area contributed by atoms with E-state index in [2.05, 4.69) is 27.7 Å². The molecule has 0 nitrogen and oxygen atoms in total. The predicted octanol–water partition coefficient (Wildman–Crippen LogP) is 3.04. The quantitative estimate of drug-likeness (QED) is 0.540. The van der Waals surface area contributed by atoms with Crippen LogP contribution >= 0.6 is 0 Å². The molecule has 0 atom stereocenters. The van der Waals surface area contributed by atoms with Crippen molar-refractivity contribution < 1.29 is 0 Å². The SMILES string of the molecule is CC(C)C[CH]([Na])CC(C)C. The molecule has 56 valence electrons. The average molecular weight is 150 g/mol. The maximum absolute atomic E-state index is 2.32. The second kappa shape index (κ2) is 5.62. The molecule has 0 radical (unpaired) electrons. The zero-order valence-corrected chi connectivity index (χ0v) is 10.1. The van der Waals surface area contributed by atoms with Crippen molar-refractivity contribution in [3.63, 3.8) is 0 Å². The fourth-order valence-electron chi connectivity index (χ4n) is 1.71. The third-order valence-corrected chi connectivity index (χ3v) is 2.69. The Morgan fingerprint density at radius 2 is 1.20 bits per heavy atom. The third-order valence-electron chi connectivity index (χ3n) is 1.75. The Morgan fingerprint density at radius 1 is 0.900 bits per heavy atom. The van der Waals surface area contributed by atoms with Crippen molar-refractivity contribution in [2.24, 2.45) is 11.8 Å². The second-order valence-electron chi connectivity index (χ2n) is 4.36. The molecule has 0 aromatic heterocycles. The molecule has 0 rings (SSSR count). The molecule has 0 heterocycles. The molecule has 0 saturated carbocycles. The van der Waals surface area contributed by atoms with E-state index in [4.69, 9.17) is 0 Å². The van der Waals surface area contributed by atoms with Gasteiger partial charge < -0.3 is 0 Å². The number of hydrogen-bond acceptors (Lipinski definition) is 0. The van der Waals surface area contributed by atoms with Gasteiger partial charge in [0.1, 0.15) is 0 Å². The summed E-state index contributed by atoms with van der Waals surface area (Å²) in [6.07, 6.45) is 2.90. The summed E-state index contributed by atoms with van der Waals surface area (Å²) in [6.45, 7) is 9.30. The molecular weight excluding hydrogens is 131 g/mol. The van der Waals surface area contributed by atoms with Gasteiger partial charge in [0.05, 0.1) is 0 Å². The first kappa shape index (κ1) is 11.0. The summed E-state index contributed by atoms with van der Waals surface area (Å²) in [4.78, 5) is 0. The molecule has 0 bridgehead atoms. The Labute approximate surface area is 83.2 Å². The van der Waals surface area contributed by atoms with Crippen molar-refractivity contribution >= 4 is 27.9 Å². The normalized spacial score (nSPS) is 12.1. The molecule has 0 aliphatic heterocycles. The Balaban J connectivity index is 3.34. The van der Waals surface area contributed by atoms with Crippen LogP contribution in [-0.4, -0.2) is 27.9 Å². The summed E-state index contributed by atoms with van der Waals surface area (Å²) in [5.74, 6) is 1.81. The van der Waals surface area contributed by atoms with Gasteiger partial charge in [0.2, 0.25) is 0 Å². The van der Waals surface area contributed by atoms with E-state index in [1.807, 2.05) is 0 Å². The van der Waals surface area contributed by atoms with Crippen molar-refractivity contribution in [2.75, 3.05) is 0 Å². The molecule has 0 aromatic rings. The van der Waals surface area contributed by atoms with Crippen LogP contribution in [0.25, 0.3) is 0 Å². The van der Waals surface area contributed by atoms with E-state index >= 15 is 0 Å². The molecule has 1 heteroatoms. The fourth-order valence-corrected chi connectivity index (χ4v) is 3.59. The van der Waals surface area contributed by atoms with Crippen molar-refractivity contribution in [1.29, 1.82) is 0 Å². The Kier molecular flexibility index (Phi) is 6.19. The second-order valence-corrected chi connectivity index (χ2v) is 6.00. The van der Waals surface area contributed by atoms with Gasteiger partial charge in [-0.05, 0) is 0 Å². The van der Waals surface area contributed by atoms with Gasteiger partial charge in [-0.2, -0.15) is 0 Å². The molecule has 0 aromatic carbocycles. The summed E-state index contributed by atoms with van der Waals surface area (Å²) in [5, 5.41) is 0. The summed E-state index contributed by atoms with van der Waals surface area (Å²) in [5.41, 5.74) is 0. The van der Waals surface area contributed by atoms with Crippen LogP contribution in [0.4, 0.5) is 0 Å². The average Bonchev–Trinajstić information content (AvgIpc) is 1.58. The molecule has 0 amide bonds. The molecule has 0 aliphatic carbocycles. The van der Waals surface area contributed by atoms with Crippen molar-refractivity contribution in [3.8, 4) is 0 Å². The standard InChI is InChI=1S/C9H19.Na/c1-8(2)6-5-7-9(3)4;/h5,8-9H,6-7H2,1-4H3;. The molecule has 0 aliphatic rings. The molecule has 0 fully saturated rings. The third kappa shape index (κ3) is 7.11. The Hall–Kier alpha value is 1.00. The number of rotatable bonds is 4. The van der Waals surface area contributed by atoms with Gasteiger partial charge in [0, 0.05) is 0 Å². The topological polar surface area (TPSA) is 0 Å². The van der Waals surface area contributed by atoms with Crippen LogP contribution < -0.4 is 0 Å². The zero-order chi connectivity index (χ0) is 8.15. The first-order valence-corrected chi connectivity index (χ1v) is 5.67. The van der Waals surface area contributed by atoms with E-state index in [-0.39, 0.29) is 0 Å². The Morgan fingerprint density at radius 3 is 1.40 bits per heavy atom. The molecule has 0 spiro atoms. The molecule has 0 saturated heterocycles. The first-order chi connectivity index (χ1) is 4.52. The molecule has 0 N–H and O–H groups in total.